The summed E-state index contributed by atoms with van der Waals surface area (Å²) in [6, 6.07) is 10.4. The van der Waals surface area contributed by atoms with Gasteiger partial charge in [-0.2, -0.15) is 5.26 Å². The maximum absolute atomic E-state index is 12.7. The van der Waals surface area contributed by atoms with Crippen LogP contribution in [0.15, 0.2) is 24.3 Å². The number of benzene rings is 1. The van der Waals surface area contributed by atoms with Crippen LogP contribution in [0.1, 0.15) is 38.2 Å². The lowest BCUT2D eigenvalue weighted by Gasteiger charge is -2.34. The summed E-state index contributed by atoms with van der Waals surface area (Å²) < 4.78 is 5.69. The lowest BCUT2D eigenvalue weighted by molar-refractivity contribution is -0.135. The van der Waals surface area contributed by atoms with Crippen molar-refractivity contribution in [3.63, 3.8) is 0 Å². The summed E-state index contributed by atoms with van der Waals surface area (Å²) >= 11 is 0. The lowest BCUT2D eigenvalue weighted by atomic mass is 10.0. The molecule has 1 aromatic rings. The van der Waals surface area contributed by atoms with Gasteiger partial charge < -0.3 is 9.64 Å². The second-order valence-corrected chi connectivity index (χ2v) is 6.90. The van der Waals surface area contributed by atoms with Gasteiger partial charge in [-0.25, -0.2) is 0 Å². The number of ether oxygens (including phenoxy) is 1. The van der Waals surface area contributed by atoms with Crippen LogP contribution in [0.3, 0.4) is 0 Å². The predicted octanol–water partition coefficient (Wildman–Crippen LogP) is 2.61. The number of hydrogen-bond donors (Lipinski definition) is 0. The van der Waals surface area contributed by atoms with Gasteiger partial charge in [0, 0.05) is 18.6 Å². The monoisotopic (exact) mass is 341 g/mol. The number of nitriles is 1. The van der Waals surface area contributed by atoms with Crippen LogP contribution in [0.25, 0.3) is 0 Å². The van der Waals surface area contributed by atoms with E-state index in [1.807, 2.05) is 29.2 Å². The second-order valence-electron chi connectivity index (χ2n) is 6.90. The molecule has 5 heteroatoms. The molecule has 0 bridgehead atoms. The van der Waals surface area contributed by atoms with Gasteiger partial charge in [0.1, 0.15) is 5.75 Å². The molecule has 2 atom stereocenters. The van der Waals surface area contributed by atoms with Gasteiger partial charge in [0.2, 0.25) is 0 Å². The molecular formula is C20H27N3O2. The molecule has 0 saturated carbocycles. The molecule has 0 N–H and O–H groups in total. The number of hydrogen-bond acceptors (Lipinski definition) is 4. The first-order valence-corrected chi connectivity index (χ1v) is 9.35. The Morgan fingerprint density at radius 3 is 2.64 bits per heavy atom. The average molecular weight is 341 g/mol. The Labute approximate surface area is 150 Å². The predicted molar refractivity (Wildman–Crippen MR) is 96.3 cm³/mol. The van der Waals surface area contributed by atoms with E-state index >= 15 is 0 Å². The van der Waals surface area contributed by atoms with Crippen LogP contribution in [0, 0.1) is 11.3 Å². The summed E-state index contributed by atoms with van der Waals surface area (Å²) in [5.41, 5.74) is 0.960. The van der Waals surface area contributed by atoms with Crippen LogP contribution < -0.4 is 4.74 Å². The van der Waals surface area contributed by atoms with E-state index in [1.165, 1.54) is 12.8 Å². The number of likely N-dealkylation sites (tertiary alicyclic amines) is 2. The fraction of sp³-hybridized carbons (Fsp3) is 0.600. The van der Waals surface area contributed by atoms with Gasteiger partial charge in [-0.15, -0.1) is 0 Å². The molecule has 0 radical (unpaired) electrons. The minimum atomic E-state index is 0.0894. The summed E-state index contributed by atoms with van der Waals surface area (Å²) in [7, 11) is 0. The summed E-state index contributed by atoms with van der Waals surface area (Å²) in [6.07, 6.45) is 5.03. The molecule has 3 rings (SSSR count). The zero-order valence-corrected chi connectivity index (χ0v) is 15.0. The number of carbonyl (C=O) groups is 1. The number of nitrogens with zero attached hydrogens (tertiary/aromatic N) is 3. The van der Waals surface area contributed by atoms with Gasteiger partial charge in [0.15, 0.2) is 6.61 Å². The van der Waals surface area contributed by atoms with Crippen molar-refractivity contribution in [2.45, 2.75) is 51.1 Å². The number of amides is 1. The van der Waals surface area contributed by atoms with Gasteiger partial charge in [-0.05, 0) is 56.5 Å². The topological polar surface area (TPSA) is 56.6 Å². The molecule has 0 aromatic heterocycles. The number of carbonyl (C=O) groups excluding carboxylic acids is 1. The zero-order chi connectivity index (χ0) is 17.6. The van der Waals surface area contributed by atoms with Crippen LogP contribution in [0.2, 0.25) is 0 Å². The Balaban J connectivity index is 1.56. The van der Waals surface area contributed by atoms with Crippen molar-refractivity contribution >= 4 is 5.91 Å². The van der Waals surface area contributed by atoms with E-state index in [4.69, 9.17) is 10.00 Å². The van der Waals surface area contributed by atoms with Crippen molar-refractivity contribution in [2.24, 2.45) is 0 Å². The van der Waals surface area contributed by atoms with E-state index in [1.54, 1.807) is 0 Å². The fourth-order valence-electron chi connectivity index (χ4n) is 4.21. The van der Waals surface area contributed by atoms with Crippen LogP contribution in [0.5, 0.6) is 5.75 Å². The Bertz CT molecular complexity index is 623. The maximum atomic E-state index is 12.7. The van der Waals surface area contributed by atoms with E-state index in [2.05, 4.69) is 17.9 Å². The van der Waals surface area contributed by atoms with E-state index < -0.39 is 0 Å². The average Bonchev–Trinajstić information content (AvgIpc) is 3.29. The molecule has 5 nitrogen and oxygen atoms in total. The SMILES string of the molecule is CCN1CCCC1C1CCCN1C(=O)COc1ccc(CC#N)cc1. The largest absolute Gasteiger partial charge is 0.484 e. The van der Waals surface area contributed by atoms with Crippen LogP contribution in [-0.2, 0) is 11.2 Å². The van der Waals surface area contributed by atoms with Crippen LogP contribution in [-0.4, -0.2) is 54.0 Å². The molecule has 2 unspecified atom stereocenters. The molecule has 2 fully saturated rings. The molecular weight excluding hydrogens is 314 g/mol. The maximum Gasteiger partial charge on any atom is 0.260 e. The van der Waals surface area contributed by atoms with Crippen molar-refractivity contribution in [1.29, 1.82) is 5.26 Å². The van der Waals surface area contributed by atoms with E-state index in [0.717, 1.165) is 38.0 Å². The Hall–Kier alpha value is -2.06. The highest BCUT2D eigenvalue weighted by molar-refractivity contribution is 5.78. The smallest absolute Gasteiger partial charge is 0.260 e. The van der Waals surface area contributed by atoms with Crippen molar-refractivity contribution in [2.75, 3.05) is 26.2 Å². The minimum Gasteiger partial charge on any atom is -0.484 e. The molecule has 2 aliphatic rings. The molecule has 2 aliphatic heterocycles. The van der Waals surface area contributed by atoms with Crippen LogP contribution in [0.4, 0.5) is 0 Å². The second kappa shape index (κ2) is 8.35. The zero-order valence-electron chi connectivity index (χ0n) is 15.0. The third-order valence-electron chi connectivity index (χ3n) is 5.45. The highest BCUT2D eigenvalue weighted by Crippen LogP contribution is 2.30. The Morgan fingerprint density at radius 2 is 1.92 bits per heavy atom. The Kier molecular flexibility index (Phi) is 5.93. The quantitative estimate of drug-likeness (QED) is 0.798. The van der Waals surface area contributed by atoms with Crippen molar-refractivity contribution < 1.29 is 9.53 Å². The number of rotatable bonds is 6. The lowest BCUT2D eigenvalue weighted by Crippen LogP contribution is -2.49. The standard InChI is InChI=1S/C20H27N3O2/c1-2-22-13-3-5-18(22)19-6-4-14-23(19)20(24)15-25-17-9-7-16(8-10-17)11-12-21/h7-10,18-19H,2-6,11,13-15H2,1H3. The summed E-state index contributed by atoms with van der Waals surface area (Å²) in [5.74, 6) is 0.772. The van der Waals surface area contributed by atoms with Gasteiger partial charge in [-0.3, -0.25) is 9.69 Å². The normalized spacial score (nSPS) is 23.6. The third kappa shape index (κ3) is 4.13. The van der Waals surface area contributed by atoms with E-state index in [9.17, 15) is 4.79 Å². The van der Waals surface area contributed by atoms with Gasteiger partial charge in [0.25, 0.3) is 5.91 Å². The first kappa shape index (κ1) is 17.8. The first-order valence-electron chi connectivity index (χ1n) is 9.35. The molecule has 2 heterocycles. The minimum absolute atomic E-state index is 0.0894. The van der Waals surface area contributed by atoms with E-state index in [0.29, 0.717) is 24.3 Å². The molecule has 2 saturated heterocycles. The third-order valence-corrected chi connectivity index (χ3v) is 5.45. The first-order chi connectivity index (χ1) is 12.2. The van der Waals surface area contributed by atoms with Crippen molar-refractivity contribution in [1.82, 2.24) is 9.80 Å². The van der Waals surface area contributed by atoms with Crippen molar-refractivity contribution in [3.05, 3.63) is 29.8 Å². The van der Waals surface area contributed by atoms with Gasteiger partial charge in [0.05, 0.1) is 12.5 Å². The van der Waals surface area contributed by atoms with Crippen molar-refractivity contribution in [3.8, 4) is 11.8 Å². The fourth-order valence-corrected chi connectivity index (χ4v) is 4.21. The number of likely N-dealkylation sites (N-methyl/N-ethyl adjacent to an activating group) is 1. The molecule has 134 valence electrons. The Morgan fingerprint density at radius 1 is 1.20 bits per heavy atom. The highest BCUT2D eigenvalue weighted by Gasteiger charge is 2.39. The van der Waals surface area contributed by atoms with Gasteiger partial charge >= 0.3 is 0 Å². The molecule has 0 spiro atoms. The molecule has 1 amide bonds. The summed E-state index contributed by atoms with van der Waals surface area (Å²) in [5, 5.41) is 8.70. The molecule has 1 aromatic carbocycles. The highest BCUT2D eigenvalue weighted by atomic mass is 16.5. The molecule has 0 aliphatic carbocycles. The summed E-state index contributed by atoms with van der Waals surface area (Å²) in [6.45, 7) is 5.37. The summed E-state index contributed by atoms with van der Waals surface area (Å²) in [4.78, 5) is 17.3. The van der Waals surface area contributed by atoms with Gasteiger partial charge in [-0.1, -0.05) is 19.1 Å². The van der Waals surface area contributed by atoms with Crippen LogP contribution >= 0.6 is 0 Å². The molecule has 25 heavy (non-hydrogen) atoms. The van der Waals surface area contributed by atoms with E-state index in [-0.39, 0.29) is 12.5 Å².